The minimum Gasteiger partial charge on any atom is -0.272 e. The molecule has 2 amide bonds. The van der Waals surface area contributed by atoms with E-state index < -0.39 is 0 Å². The highest BCUT2D eigenvalue weighted by Gasteiger charge is 2.59. The molecule has 1 saturated heterocycles. The first-order chi connectivity index (χ1) is 13.2. The summed E-state index contributed by atoms with van der Waals surface area (Å²) in [6, 6.07) is 18.0. The Labute approximate surface area is 162 Å². The summed E-state index contributed by atoms with van der Waals surface area (Å²) in [4.78, 5) is 27.6. The molecule has 134 valence electrons. The van der Waals surface area contributed by atoms with Gasteiger partial charge in [-0.25, -0.2) is 0 Å². The molecule has 2 aromatic rings. The zero-order chi connectivity index (χ0) is 18.4. The average molecular weight is 374 g/mol. The zero-order valence-corrected chi connectivity index (χ0v) is 15.4. The molecule has 4 atom stereocenters. The van der Waals surface area contributed by atoms with Gasteiger partial charge in [0.15, 0.2) is 0 Å². The predicted octanol–water partition coefficient (Wildman–Crippen LogP) is 3.98. The van der Waals surface area contributed by atoms with Crippen molar-refractivity contribution in [3.8, 4) is 0 Å². The highest BCUT2D eigenvalue weighted by Crippen LogP contribution is 2.52. The molecule has 0 spiro atoms. The van der Waals surface area contributed by atoms with Crippen LogP contribution in [-0.2, 0) is 9.59 Å². The van der Waals surface area contributed by atoms with Gasteiger partial charge in [0.25, 0.3) is 11.8 Å². The quantitative estimate of drug-likeness (QED) is 0.462. The van der Waals surface area contributed by atoms with Crippen molar-refractivity contribution in [1.82, 2.24) is 5.01 Å². The maximum absolute atomic E-state index is 12.7. The van der Waals surface area contributed by atoms with Crippen LogP contribution in [0.2, 0.25) is 0 Å². The highest BCUT2D eigenvalue weighted by atomic mass is 32.2. The van der Waals surface area contributed by atoms with Crippen molar-refractivity contribution in [2.75, 3.05) is 0 Å². The Kier molecular flexibility index (Phi) is 3.97. The molecular formula is C22H18N2O2S. The summed E-state index contributed by atoms with van der Waals surface area (Å²) in [6.07, 6.45) is 6.75. The van der Waals surface area contributed by atoms with Crippen molar-refractivity contribution in [3.05, 3.63) is 72.3 Å². The molecule has 2 aliphatic carbocycles. The molecule has 27 heavy (non-hydrogen) atoms. The Morgan fingerprint density at radius 2 is 1.52 bits per heavy atom. The summed E-state index contributed by atoms with van der Waals surface area (Å²) in [5.41, 5.74) is 0.894. The standard InChI is InChI=1S/C22H18N2O2S/c25-21-19-14-10-11-15(12-14)20(19)22(26)24(21)23-13-16-6-4-5-9-18(16)27-17-7-2-1-3-8-17/h1-11,13-15,19-20H,12H2/t14-,15-,19-,20+/m0/s1. The van der Waals surface area contributed by atoms with Crippen LogP contribution in [0.5, 0.6) is 0 Å². The molecule has 1 saturated carbocycles. The number of benzene rings is 2. The number of allylic oxidation sites excluding steroid dienone is 2. The number of amides is 2. The van der Waals surface area contributed by atoms with E-state index in [1.165, 1.54) is 0 Å². The van der Waals surface area contributed by atoms with Gasteiger partial charge in [0, 0.05) is 15.4 Å². The molecule has 0 N–H and O–H groups in total. The number of carbonyl (C=O) groups is 2. The molecule has 0 unspecified atom stereocenters. The number of nitrogens with zero attached hydrogens (tertiary/aromatic N) is 2. The van der Waals surface area contributed by atoms with Crippen LogP contribution >= 0.6 is 11.8 Å². The number of fused-ring (bicyclic) bond motifs is 5. The van der Waals surface area contributed by atoms with Crippen LogP contribution in [0.25, 0.3) is 0 Å². The van der Waals surface area contributed by atoms with Crippen LogP contribution in [0.3, 0.4) is 0 Å². The minimum atomic E-state index is -0.210. The van der Waals surface area contributed by atoms with Crippen LogP contribution < -0.4 is 0 Å². The fourth-order valence-electron chi connectivity index (χ4n) is 4.42. The number of imide groups is 1. The van der Waals surface area contributed by atoms with E-state index in [1.807, 2.05) is 42.5 Å². The molecular weight excluding hydrogens is 356 g/mol. The maximum Gasteiger partial charge on any atom is 0.254 e. The molecule has 0 radical (unpaired) electrons. The van der Waals surface area contributed by atoms with Gasteiger partial charge in [-0.2, -0.15) is 10.1 Å². The van der Waals surface area contributed by atoms with E-state index in [0.29, 0.717) is 0 Å². The third-order valence-electron chi connectivity index (χ3n) is 5.65. The Hall–Kier alpha value is -2.66. The number of carbonyl (C=O) groups excluding carboxylic acids is 2. The van der Waals surface area contributed by atoms with E-state index in [4.69, 9.17) is 0 Å². The molecule has 4 nitrogen and oxygen atoms in total. The maximum atomic E-state index is 12.7. The van der Waals surface area contributed by atoms with E-state index in [1.54, 1.807) is 18.0 Å². The van der Waals surface area contributed by atoms with Crippen molar-refractivity contribution >= 4 is 29.8 Å². The van der Waals surface area contributed by atoms with Crippen molar-refractivity contribution < 1.29 is 9.59 Å². The van der Waals surface area contributed by atoms with Crippen molar-refractivity contribution in [2.45, 2.75) is 16.2 Å². The second-order valence-electron chi connectivity index (χ2n) is 7.19. The third kappa shape index (κ3) is 2.73. The zero-order valence-electron chi connectivity index (χ0n) is 14.6. The second kappa shape index (κ2) is 6.50. The van der Waals surface area contributed by atoms with Gasteiger partial charge in [0.1, 0.15) is 0 Å². The van der Waals surface area contributed by atoms with E-state index in [9.17, 15) is 9.59 Å². The molecule has 2 fully saturated rings. The normalized spacial score (nSPS) is 28.5. The monoisotopic (exact) mass is 374 g/mol. The van der Waals surface area contributed by atoms with Gasteiger partial charge in [-0.05, 0) is 36.5 Å². The van der Waals surface area contributed by atoms with E-state index in [-0.39, 0.29) is 35.5 Å². The molecule has 5 heteroatoms. The first kappa shape index (κ1) is 16.5. The first-order valence-electron chi connectivity index (χ1n) is 9.14. The summed E-state index contributed by atoms with van der Waals surface area (Å²) < 4.78 is 0. The van der Waals surface area contributed by atoms with E-state index >= 15 is 0 Å². The third-order valence-corrected chi connectivity index (χ3v) is 6.75. The molecule has 1 aliphatic heterocycles. The van der Waals surface area contributed by atoms with Crippen LogP contribution in [0.15, 0.2) is 81.6 Å². The lowest BCUT2D eigenvalue weighted by Crippen LogP contribution is -2.28. The summed E-state index contributed by atoms with van der Waals surface area (Å²) in [5.74, 6) is -0.301. The second-order valence-corrected chi connectivity index (χ2v) is 8.30. The molecule has 0 aromatic heterocycles. The van der Waals surface area contributed by atoms with Gasteiger partial charge in [-0.1, -0.05) is 60.3 Å². The van der Waals surface area contributed by atoms with E-state index in [2.05, 4.69) is 29.4 Å². The van der Waals surface area contributed by atoms with Crippen LogP contribution in [0, 0.1) is 23.7 Å². The molecule has 5 rings (SSSR count). The molecule has 2 bridgehead atoms. The number of rotatable bonds is 4. The largest absolute Gasteiger partial charge is 0.272 e. The van der Waals surface area contributed by atoms with Crippen LogP contribution in [-0.4, -0.2) is 23.0 Å². The molecule has 3 aliphatic rings. The summed E-state index contributed by atoms with van der Waals surface area (Å²) in [7, 11) is 0. The Morgan fingerprint density at radius 3 is 2.22 bits per heavy atom. The Balaban J connectivity index is 1.39. The molecule has 1 heterocycles. The lowest BCUT2D eigenvalue weighted by molar-refractivity contribution is -0.140. The molecule has 2 aromatic carbocycles. The fraction of sp³-hybridized carbons (Fsp3) is 0.227. The lowest BCUT2D eigenvalue weighted by atomic mass is 9.85. The smallest absolute Gasteiger partial charge is 0.254 e. The first-order valence-corrected chi connectivity index (χ1v) is 9.96. The van der Waals surface area contributed by atoms with Gasteiger partial charge in [-0.3, -0.25) is 9.59 Å². The summed E-state index contributed by atoms with van der Waals surface area (Å²) >= 11 is 1.64. The Bertz CT molecular complexity index is 939. The minimum absolute atomic E-state index is 0.147. The SMILES string of the molecule is O=C1[C@@H]2[C@H](C(=O)N1N=Cc1ccccc1Sc1ccccc1)[C@H]1C=C[C@H]2C1. The van der Waals surface area contributed by atoms with Gasteiger partial charge >= 0.3 is 0 Å². The van der Waals surface area contributed by atoms with Crippen molar-refractivity contribution in [2.24, 2.45) is 28.8 Å². The predicted molar refractivity (Wildman–Crippen MR) is 104 cm³/mol. The van der Waals surface area contributed by atoms with Gasteiger partial charge < -0.3 is 0 Å². The summed E-state index contributed by atoms with van der Waals surface area (Å²) in [6.45, 7) is 0. The van der Waals surface area contributed by atoms with E-state index in [0.717, 1.165) is 26.8 Å². The van der Waals surface area contributed by atoms with Crippen molar-refractivity contribution in [3.63, 3.8) is 0 Å². The lowest BCUT2D eigenvalue weighted by Gasteiger charge is -2.13. The van der Waals surface area contributed by atoms with Gasteiger partial charge in [0.2, 0.25) is 0 Å². The van der Waals surface area contributed by atoms with Gasteiger partial charge in [-0.15, -0.1) is 0 Å². The number of hydrogen-bond acceptors (Lipinski definition) is 4. The van der Waals surface area contributed by atoms with Crippen molar-refractivity contribution in [1.29, 1.82) is 0 Å². The fourth-order valence-corrected chi connectivity index (χ4v) is 5.35. The number of hydrogen-bond donors (Lipinski definition) is 0. The average Bonchev–Trinajstić information content (AvgIpc) is 3.37. The highest BCUT2D eigenvalue weighted by molar-refractivity contribution is 7.99. The number of hydrazone groups is 1. The van der Waals surface area contributed by atoms with Gasteiger partial charge in [0.05, 0.1) is 18.1 Å². The Morgan fingerprint density at radius 1 is 0.889 bits per heavy atom. The van der Waals surface area contributed by atoms with Crippen LogP contribution in [0.4, 0.5) is 0 Å². The topological polar surface area (TPSA) is 49.7 Å². The van der Waals surface area contributed by atoms with Crippen LogP contribution in [0.1, 0.15) is 12.0 Å². The summed E-state index contributed by atoms with van der Waals surface area (Å²) in [5, 5.41) is 5.41.